The predicted octanol–water partition coefficient (Wildman–Crippen LogP) is 4.60. The zero-order valence-electron chi connectivity index (χ0n) is 28.7. The van der Waals surface area contributed by atoms with Gasteiger partial charge in [0.2, 0.25) is 0 Å². The van der Waals surface area contributed by atoms with Crippen LogP contribution < -0.4 is 15.4 Å². The number of piperazine rings is 1. The van der Waals surface area contributed by atoms with E-state index in [-0.39, 0.29) is 80.4 Å². The summed E-state index contributed by atoms with van der Waals surface area (Å²) in [5, 5.41) is 11.0. The van der Waals surface area contributed by atoms with Gasteiger partial charge in [-0.2, -0.15) is 15.2 Å². The fourth-order valence-electron chi connectivity index (χ4n) is 9.44. The molecule has 4 fully saturated rings. The number of nitriles is 1. The van der Waals surface area contributed by atoms with Crippen LogP contribution in [0.1, 0.15) is 48.8 Å². The number of aromatic nitrogens is 3. The average molecular weight is 719 g/mol. The lowest BCUT2D eigenvalue weighted by Gasteiger charge is -2.42. The van der Waals surface area contributed by atoms with Gasteiger partial charge in [0, 0.05) is 63.4 Å². The molecule has 0 aliphatic carbocycles. The molecule has 5 aliphatic rings. The lowest BCUT2D eigenvalue weighted by atomic mass is 9.93. The lowest BCUT2D eigenvalue weighted by molar-refractivity contribution is 0.0997. The normalized spacial score (nSPS) is 26.0. The van der Waals surface area contributed by atoms with Crippen molar-refractivity contribution >= 4 is 43.1 Å². The minimum Gasteiger partial charge on any atom is -0.461 e. The summed E-state index contributed by atoms with van der Waals surface area (Å²) in [5.74, 6) is -0.606. The number of anilines is 2. The predicted molar refractivity (Wildman–Crippen MR) is 188 cm³/mol. The molecule has 0 amide bonds. The third-order valence-corrected chi connectivity index (χ3v) is 12.8. The average Bonchev–Trinajstić information content (AvgIpc) is 3.95. The van der Waals surface area contributed by atoms with Crippen molar-refractivity contribution in [3.8, 4) is 23.3 Å². The van der Waals surface area contributed by atoms with Crippen molar-refractivity contribution in [3.05, 3.63) is 34.5 Å². The molecule has 0 saturated carbocycles. The lowest BCUT2D eigenvalue weighted by Crippen LogP contribution is -2.54. The van der Waals surface area contributed by atoms with Crippen molar-refractivity contribution in [2.45, 2.75) is 69.0 Å². The molecule has 2 unspecified atom stereocenters. The quantitative estimate of drug-likeness (QED) is 0.259. The number of rotatable bonds is 9. The first-order chi connectivity index (χ1) is 24.8. The molecular weight excluding hydrogens is 679 g/mol. The molecule has 5 aliphatic heterocycles. The Labute approximate surface area is 298 Å². The van der Waals surface area contributed by atoms with E-state index in [0.717, 1.165) is 87.9 Å². The Morgan fingerprint density at radius 2 is 1.92 bits per heavy atom. The van der Waals surface area contributed by atoms with Crippen LogP contribution in [0.5, 0.6) is 6.01 Å². The summed E-state index contributed by atoms with van der Waals surface area (Å²) in [7, 11) is 3.47. The molecule has 8 heterocycles. The monoisotopic (exact) mass is 718 g/mol. The number of likely N-dealkylation sites (tertiary alicyclic amines) is 1. The molecule has 4 aromatic rings. The number of hydrogen-bond acceptors (Lipinski definition) is 13. The Balaban J connectivity index is 1.22. The minimum absolute atomic E-state index is 0.0748. The zero-order valence-corrected chi connectivity index (χ0v) is 29.5. The van der Waals surface area contributed by atoms with Crippen LogP contribution >= 0.6 is 11.3 Å². The number of pyridine rings is 1. The molecule has 268 valence electrons. The van der Waals surface area contributed by atoms with Gasteiger partial charge in [-0.3, -0.25) is 14.8 Å². The van der Waals surface area contributed by atoms with Crippen LogP contribution in [0.4, 0.5) is 19.6 Å². The van der Waals surface area contributed by atoms with Crippen LogP contribution in [0.3, 0.4) is 0 Å². The Hall–Kier alpha value is -3.78. The summed E-state index contributed by atoms with van der Waals surface area (Å²) in [4.78, 5) is 21.6. The molecule has 9 rings (SSSR count). The highest BCUT2D eigenvalue weighted by atomic mass is 32.1. The SMILES string of the molecule is COCCN1CC2CCC(C1)N2c1nc(OC[C@@]23CCCN2C[C@H](OC)C3)nc2c(F)c(-c3ncc(F)c4sc(N)c(C#N)c34)c3c(c12)COC3. The summed E-state index contributed by atoms with van der Waals surface area (Å²) >= 11 is 0.954. The minimum atomic E-state index is -0.635. The molecule has 0 radical (unpaired) electrons. The second kappa shape index (κ2) is 12.7. The Kier molecular flexibility index (Phi) is 8.25. The number of benzene rings is 1. The van der Waals surface area contributed by atoms with Crippen molar-refractivity contribution in [1.82, 2.24) is 24.8 Å². The maximum atomic E-state index is 17.6. The van der Waals surface area contributed by atoms with Crippen LogP contribution in [-0.2, 0) is 27.4 Å². The molecule has 4 atom stereocenters. The first-order valence-electron chi connectivity index (χ1n) is 17.6. The number of nitrogen functional groups attached to an aromatic ring is 1. The molecule has 2 N–H and O–H groups in total. The molecule has 3 aromatic heterocycles. The number of nitrogens with two attached hydrogens (primary N) is 1. The van der Waals surface area contributed by atoms with Gasteiger partial charge in [0.05, 0.1) is 59.0 Å². The topological polar surface area (TPSA) is 135 Å². The van der Waals surface area contributed by atoms with E-state index in [1.54, 1.807) is 14.2 Å². The number of nitrogens with zero attached hydrogens (tertiary/aromatic N) is 7. The smallest absolute Gasteiger partial charge is 0.319 e. The summed E-state index contributed by atoms with van der Waals surface area (Å²) in [6.45, 7) is 5.70. The third kappa shape index (κ3) is 5.17. The second-order valence-corrected chi connectivity index (χ2v) is 15.5. The highest BCUT2D eigenvalue weighted by Gasteiger charge is 2.50. The van der Waals surface area contributed by atoms with Gasteiger partial charge in [-0.15, -0.1) is 11.3 Å². The first kappa shape index (κ1) is 33.1. The number of thiophene rings is 1. The molecule has 2 bridgehead atoms. The number of ether oxygens (including phenoxy) is 4. The molecule has 12 nitrogen and oxygen atoms in total. The van der Waals surface area contributed by atoms with E-state index in [9.17, 15) is 5.26 Å². The number of methoxy groups -OCH3 is 2. The maximum absolute atomic E-state index is 17.6. The molecule has 4 saturated heterocycles. The Bertz CT molecular complexity index is 2080. The molecule has 1 aromatic carbocycles. The highest BCUT2D eigenvalue weighted by Crippen LogP contribution is 2.48. The molecule has 0 spiro atoms. The largest absolute Gasteiger partial charge is 0.461 e. The molecular formula is C36H40F2N8O4S. The van der Waals surface area contributed by atoms with E-state index in [0.29, 0.717) is 30.0 Å². The van der Waals surface area contributed by atoms with Crippen molar-refractivity contribution in [1.29, 1.82) is 5.26 Å². The summed E-state index contributed by atoms with van der Waals surface area (Å²) in [5.41, 5.74) is 7.78. The van der Waals surface area contributed by atoms with Crippen LogP contribution in [0.15, 0.2) is 6.20 Å². The Morgan fingerprint density at radius 1 is 1.12 bits per heavy atom. The van der Waals surface area contributed by atoms with Gasteiger partial charge >= 0.3 is 6.01 Å². The van der Waals surface area contributed by atoms with E-state index in [4.69, 9.17) is 34.6 Å². The first-order valence-corrected chi connectivity index (χ1v) is 18.5. The van der Waals surface area contributed by atoms with Gasteiger partial charge in [0.25, 0.3) is 0 Å². The van der Waals surface area contributed by atoms with Gasteiger partial charge in [0.1, 0.15) is 29.0 Å². The van der Waals surface area contributed by atoms with E-state index in [1.165, 1.54) is 0 Å². The van der Waals surface area contributed by atoms with Crippen LogP contribution in [0.2, 0.25) is 0 Å². The molecule has 15 heteroatoms. The van der Waals surface area contributed by atoms with Crippen LogP contribution in [0, 0.1) is 23.0 Å². The van der Waals surface area contributed by atoms with Gasteiger partial charge in [-0.05, 0) is 49.8 Å². The zero-order chi connectivity index (χ0) is 35.0. The van der Waals surface area contributed by atoms with Crippen molar-refractivity contribution in [2.24, 2.45) is 0 Å². The van der Waals surface area contributed by atoms with Gasteiger partial charge in [0.15, 0.2) is 11.6 Å². The van der Waals surface area contributed by atoms with Crippen molar-refractivity contribution < 1.29 is 27.7 Å². The number of halogens is 2. The standard InChI is InChI=1S/C36H40F2N8O4S/c1-47-9-8-44-13-19-4-5-20(14-44)46(19)34-28-24-17-49-16-23(24)26(30-27-22(11-39)33(40)51-32(27)25(37)12-41-30)29(38)31(28)42-35(43-34)50-18-36-6-3-7-45(36)15-21(10-36)48-2/h12,19-21H,3-10,13-18,40H2,1-2H3/t19?,20?,21-,36+/m1/s1. The summed E-state index contributed by atoms with van der Waals surface area (Å²) in [6, 6.07) is 2.53. The van der Waals surface area contributed by atoms with Crippen molar-refractivity contribution in [3.63, 3.8) is 0 Å². The fraction of sp³-hybridized carbons (Fsp3) is 0.556. The van der Waals surface area contributed by atoms with E-state index in [1.807, 2.05) is 0 Å². The fourth-order valence-corrected chi connectivity index (χ4v) is 10.4. The van der Waals surface area contributed by atoms with Gasteiger partial charge < -0.3 is 29.6 Å². The van der Waals surface area contributed by atoms with Gasteiger partial charge in [-0.1, -0.05) is 0 Å². The maximum Gasteiger partial charge on any atom is 0.319 e. The highest BCUT2D eigenvalue weighted by molar-refractivity contribution is 7.23. The van der Waals surface area contributed by atoms with Crippen LogP contribution in [0.25, 0.3) is 32.2 Å². The number of fused-ring (bicyclic) bond motifs is 7. The summed E-state index contributed by atoms with van der Waals surface area (Å²) in [6.07, 6.45) is 6.04. The summed E-state index contributed by atoms with van der Waals surface area (Å²) < 4.78 is 56.5. The Morgan fingerprint density at radius 3 is 2.69 bits per heavy atom. The van der Waals surface area contributed by atoms with E-state index in [2.05, 4.69) is 25.8 Å². The van der Waals surface area contributed by atoms with Crippen LogP contribution in [-0.4, -0.2) is 109 Å². The number of hydrogen-bond donors (Lipinski definition) is 1. The van der Waals surface area contributed by atoms with Crippen molar-refractivity contribution in [2.75, 3.05) is 70.8 Å². The van der Waals surface area contributed by atoms with E-state index < -0.39 is 11.6 Å². The van der Waals surface area contributed by atoms with E-state index >= 15 is 8.78 Å². The second-order valence-electron chi connectivity index (χ2n) is 14.5. The van der Waals surface area contributed by atoms with Gasteiger partial charge in [-0.25, -0.2) is 8.78 Å². The third-order valence-electron chi connectivity index (χ3n) is 11.8. The molecule has 51 heavy (non-hydrogen) atoms.